The number of para-hydroxylation sites is 2. The largest absolute Gasteiger partial charge is 0.456 e. The van der Waals surface area contributed by atoms with Gasteiger partial charge in [-0.25, -0.2) is 0 Å². The molecule has 11 aromatic rings. The molecule has 3 nitrogen and oxygen atoms in total. The number of furan rings is 1. The number of aromatic nitrogens is 1. The maximum absolute atomic E-state index is 6.43. The van der Waals surface area contributed by atoms with Crippen molar-refractivity contribution in [1.29, 1.82) is 0 Å². The zero-order chi connectivity index (χ0) is 38.9. The third kappa shape index (κ3) is 5.50. The van der Waals surface area contributed by atoms with Gasteiger partial charge in [-0.1, -0.05) is 140 Å². The molecule has 0 unspecified atom stereocenters. The summed E-state index contributed by atoms with van der Waals surface area (Å²) in [6.45, 7) is 0. The molecule has 0 radical (unpaired) electrons. The Morgan fingerprint density at radius 3 is 1.88 bits per heavy atom. The van der Waals surface area contributed by atoms with Crippen LogP contribution in [0, 0.1) is 0 Å². The van der Waals surface area contributed by atoms with Crippen molar-refractivity contribution in [3.8, 4) is 16.8 Å². The van der Waals surface area contributed by atoms with Crippen molar-refractivity contribution in [2.24, 2.45) is 0 Å². The van der Waals surface area contributed by atoms with Gasteiger partial charge in [-0.3, -0.25) is 0 Å². The van der Waals surface area contributed by atoms with Crippen LogP contribution in [0.4, 0.5) is 11.4 Å². The molecule has 0 atom stereocenters. The molecule has 1 aliphatic rings. The summed E-state index contributed by atoms with van der Waals surface area (Å²) >= 11 is 0. The summed E-state index contributed by atoms with van der Waals surface area (Å²) in [5, 5.41) is 9.67. The summed E-state index contributed by atoms with van der Waals surface area (Å²) < 4.78 is 8.82. The van der Waals surface area contributed by atoms with Crippen LogP contribution in [-0.2, 0) is 0 Å². The second-order valence-corrected chi connectivity index (χ2v) is 15.6. The van der Waals surface area contributed by atoms with Crippen LogP contribution in [0.5, 0.6) is 0 Å². The summed E-state index contributed by atoms with van der Waals surface area (Å²) in [5.41, 5.74) is 13.8. The third-order valence-electron chi connectivity index (χ3n) is 12.2. The van der Waals surface area contributed by atoms with E-state index in [1.54, 1.807) is 0 Å². The Morgan fingerprint density at radius 2 is 1.08 bits per heavy atom. The van der Waals surface area contributed by atoms with E-state index < -0.39 is 0 Å². The Bertz CT molecular complexity index is 3450. The molecule has 0 amide bonds. The van der Waals surface area contributed by atoms with Crippen molar-refractivity contribution < 1.29 is 4.42 Å². The van der Waals surface area contributed by atoms with Crippen molar-refractivity contribution >= 4 is 82.2 Å². The number of anilines is 2. The lowest BCUT2D eigenvalue weighted by Crippen LogP contribution is -2.19. The van der Waals surface area contributed by atoms with Gasteiger partial charge in [-0.15, -0.1) is 0 Å². The van der Waals surface area contributed by atoms with E-state index in [0.717, 1.165) is 46.2 Å². The number of hydrogen-bond donors (Lipinski definition) is 0. The predicted octanol–water partition coefficient (Wildman–Crippen LogP) is 15.6. The zero-order valence-corrected chi connectivity index (χ0v) is 32.3. The normalized spacial score (nSPS) is 13.2. The highest BCUT2D eigenvalue weighted by atomic mass is 16.3. The van der Waals surface area contributed by atoms with Gasteiger partial charge in [0.1, 0.15) is 11.2 Å². The van der Waals surface area contributed by atoms with Crippen LogP contribution < -0.4 is 4.90 Å². The molecule has 9 aromatic carbocycles. The number of hydrogen-bond acceptors (Lipinski definition) is 2. The first-order chi connectivity index (χ1) is 29.2. The van der Waals surface area contributed by atoms with Crippen molar-refractivity contribution in [3.63, 3.8) is 0 Å². The highest BCUT2D eigenvalue weighted by Crippen LogP contribution is 2.43. The van der Waals surface area contributed by atoms with E-state index in [2.05, 4.69) is 216 Å². The first-order valence-electron chi connectivity index (χ1n) is 20.5. The molecule has 12 rings (SSSR count). The standard InChI is InChI=1S/C56H38N2O/c1-2-15-41-36-56-50(34-40(41)14-1)49-35-42(29-32-55(49)59-56)46-20-5-8-23-51(46)57(52-26-12-16-38-13-3-4-19-45(38)52)43-30-27-37(28-31-43)39-17-11-18-44(33-39)58-53-24-9-6-21-47(53)48-22-7-10-25-54(48)58/h1-7,9-22,24-36H,8,23H2. The Kier molecular flexibility index (Phi) is 7.67. The molecule has 1 aliphatic carbocycles. The number of rotatable bonds is 6. The van der Waals surface area contributed by atoms with Gasteiger partial charge >= 0.3 is 0 Å². The average molecular weight is 755 g/mol. The lowest BCUT2D eigenvalue weighted by atomic mass is 9.93. The van der Waals surface area contributed by atoms with Crippen LogP contribution in [0.2, 0.25) is 0 Å². The molecule has 2 aromatic heterocycles. The van der Waals surface area contributed by atoms with Crippen LogP contribution >= 0.6 is 0 Å². The van der Waals surface area contributed by atoms with E-state index in [9.17, 15) is 0 Å². The molecular weight excluding hydrogens is 717 g/mol. The monoisotopic (exact) mass is 754 g/mol. The Morgan fingerprint density at radius 1 is 0.441 bits per heavy atom. The second-order valence-electron chi connectivity index (χ2n) is 15.6. The fourth-order valence-electron chi connectivity index (χ4n) is 9.45. The van der Waals surface area contributed by atoms with Crippen molar-refractivity contribution in [3.05, 3.63) is 218 Å². The minimum absolute atomic E-state index is 0.907. The maximum atomic E-state index is 6.43. The van der Waals surface area contributed by atoms with Gasteiger partial charge in [0.15, 0.2) is 0 Å². The van der Waals surface area contributed by atoms with Crippen molar-refractivity contribution in [2.75, 3.05) is 4.90 Å². The van der Waals surface area contributed by atoms with Gasteiger partial charge in [-0.2, -0.15) is 0 Å². The number of benzene rings is 9. The zero-order valence-electron chi connectivity index (χ0n) is 32.3. The Balaban J connectivity index is 0.999. The summed E-state index contributed by atoms with van der Waals surface area (Å²) in [7, 11) is 0. The summed E-state index contributed by atoms with van der Waals surface area (Å²) in [5.74, 6) is 0. The van der Waals surface area contributed by atoms with E-state index in [-0.39, 0.29) is 0 Å². The van der Waals surface area contributed by atoms with Crippen LogP contribution in [-0.4, -0.2) is 4.57 Å². The summed E-state index contributed by atoms with van der Waals surface area (Å²) in [6, 6.07) is 70.6. The van der Waals surface area contributed by atoms with Crippen LogP contribution in [0.25, 0.3) is 87.7 Å². The van der Waals surface area contributed by atoms with E-state index in [4.69, 9.17) is 4.42 Å². The maximum Gasteiger partial charge on any atom is 0.136 e. The van der Waals surface area contributed by atoms with E-state index >= 15 is 0 Å². The Labute approximate surface area is 342 Å². The molecular formula is C56H38N2O. The number of allylic oxidation sites excluding steroid dienone is 4. The molecule has 2 heterocycles. The summed E-state index contributed by atoms with van der Waals surface area (Å²) in [4.78, 5) is 2.50. The molecule has 0 saturated carbocycles. The molecule has 59 heavy (non-hydrogen) atoms. The second kappa shape index (κ2) is 13.5. The predicted molar refractivity (Wildman–Crippen MR) is 249 cm³/mol. The van der Waals surface area contributed by atoms with E-state index in [1.807, 2.05) is 0 Å². The van der Waals surface area contributed by atoms with E-state index in [0.29, 0.717) is 0 Å². The van der Waals surface area contributed by atoms with Gasteiger partial charge in [0, 0.05) is 49.6 Å². The lowest BCUT2D eigenvalue weighted by Gasteiger charge is -2.32. The highest BCUT2D eigenvalue weighted by molar-refractivity contribution is 6.11. The molecule has 3 heteroatoms. The van der Waals surface area contributed by atoms with Gasteiger partial charge in [0.25, 0.3) is 0 Å². The highest BCUT2D eigenvalue weighted by Gasteiger charge is 2.23. The van der Waals surface area contributed by atoms with Gasteiger partial charge < -0.3 is 13.9 Å². The van der Waals surface area contributed by atoms with Crippen LogP contribution in [0.1, 0.15) is 18.4 Å². The van der Waals surface area contributed by atoms with Crippen LogP contribution in [0.15, 0.2) is 216 Å². The average Bonchev–Trinajstić information content (AvgIpc) is 3.83. The van der Waals surface area contributed by atoms with Crippen molar-refractivity contribution in [1.82, 2.24) is 4.57 Å². The minimum Gasteiger partial charge on any atom is -0.456 e. The fourth-order valence-corrected chi connectivity index (χ4v) is 9.45. The summed E-state index contributed by atoms with van der Waals surface area (Å²) in [6.07, 6.45) is 6.52. The van der Waals surface area contributed by atoms with Crippen LogP contribution in [0.3, 0.4) is 0 Å². The van der Waals surface area contributed by atoms with Crippen molar-refractivity contribution in [2.45, 2.75) is 12.8 Å². The SMILES string of the molecule is C1=CC(c2ccc3oc4cc5ccccc5cc4c3c2)=C(N(c2ccc(-c3cccc(-n4c5ccccc5c5ccccc54)c3)cc2)c2cccc3ccccc23)CC1. The molecule has 0 spiro atoms. The van der Waals surface area contributed by atoms with Gasteiger partial charge in [0.05, 0.1) is 16.7 Å². The smallest absolute Gasteiger partial charge is 0.136 e. The molecule has 0 bridgehead atoms. The third-order valence-corrected chi connectivity index (χ3v) is 12.2. The quantitative estimate of drug-likeness (QED) is 0.169. The minimum atomic E-state index is 0.907. The first-order valence-corrected chi connectivity index (χ1v) is 20.5. The number of fused-ring (bicyclic) bond motifs is 8. The lowest BCUT2D eigenvalue weighted by molar-refractivity contribution is 0.669. The number of nitrogens with zero attached hydrogens (tertiary/aromatic N) is 2. The molecule has 0 fully saturated rings. The molecule has 278 valence electrons. The fraction of sp³-hybridized carbons (Fsp3) is 0.0357. The molecule has 0 aliphatic heterocycles. The van der Waals surface area contributed by atoms with E-state index in [1.165, 1.54) is 77.0 Å². The first kappa shape index (κ1) is 33.5. The Hall–Kier alpha value is -7.62. The molecule has 0 saturated heterocycles. The molecule has 0 N–H and O–H groups in total. The van der Waals surface area contributed by atoms with Gasteiger partial charge in [0.2, 0.25) is 0 Å². The van der Waals surface area contributed by atoms with Gasteiger partial charge in [-0.05, 0) is 112 Å². The topological polar surface area (TPSA) is 21.3 Å².